The Kier molecular flexibility index (Phi) is 6.65. The fraction of sp³-hybridized carbons (Fsp3) is 0.158. The zero-order valence-corrected chi connectivity index (χ0v) is 14.9. The summed E-state index contributed by atoms with van der Waals surface area (Å²) in [5.74, 6) is -3.04. The molecule has 0 aliphatic carbocycles. The highest BCUT2D eigenvalue weighted by molar-refractivity contribution is 6.39. The van der Waals surface area contributed by atoms with Crippen LogP contribution in [0.15, 0.2) is 48.5 Å². The first-order valence-electron chi connectivity index (χ1n) is 8.03. The molecule has 0 fully saturated rings. The quantitative estimate of drug-likeness (QED) is 0.546. The van der Waals surface area contributed by atoms with Crippen molar-refractivity contribution >= 4 is 35.1 Å². The predicted molar refractivity (Wildman–Crippen MR) is 99.2 cm³/mol. The molecule has 0 atom stereocenters. The summed E-state index contributed by atoms with van der Waals surface area (Å²) in [5.41, 5.74) is 1.83. The maximum absolute atomic E-state index is 12.0. The third kappa shape index (κ3) is 5.67. The molecule has 8 heteroatoms. The Bertz CT molecular complexity index is 879. The van der Waals surface area contributed by atoms with E-state index in [0.29, 0.717) is 5.69 Å². The van der Waals surface area contributed by atoms with Gasteiger partial charge in [-0.05, 0) is 36.8 Å². The highest BCUT2D eigenvalue weighted by Crippen LogP contribution is 2.15. The second-order valence-corrected chi connectivity index (χ2v) is 5.59. The third-order valence-electron chi connectivity index (χ3n) is 3.50. The summed E-state index contributed by atoms with van der Waals surface area (Å²) in [4.78, 5) is 47.4. The van der Waals surface area contributed by atoms with Crippen LogP contribution in [0.25, 0.3) is 0 Å². The largest absolute Gasteiger partial charge is 0.465 e. The van der Waals surface area contributed by atoms with Gasteiger partial charge in [0, 0.05) is 5.69 Å². The number of hydrogen-bond donors (Lipinski definition) is 3. The van der Waals surface area contributed by atoms with Crippen LogP contribution in [-0.4, -0.2) is 37.3 Å². The van der Waals surface area contributed by atoms with Gasteiger partial charge in [0.2, 0.25) is 5.91 Å². The summed E-state index contributed by atoms with van der Waals surface area (Å²) in [5, 5.41) is 7.16. The lowest BCUT2D eigenvalue weighted by atomic mass is 10.2. The summed E-state index contributed by atoms with van der Waals surface area (Å²) in [6, 6.07) is 13.2. The van der Waals surface area contributed by atoms with Crippen molar-refractivity contribution in [3.8, 4) is 0 Å². The van der Waals surface area contributed by atoms with Crippen LogP contribution < -0.4 is 16.0 Å². The molecule has 2 aromatic rings. The maximum Gasteiger partial charge on any atom is 0.339 e. The number of anilines is 2. The van der Waals surface area contributed by atoms with Gasteiger partial charge < -0.3 is 20.7 Å². The minimum absolute atomic E-state index is 0.178. The molecule has 27 heavy (non-hydrogen) atoms. The number of nitrogens with one attached hydrogen (secondary N) is 3. The monoisotopic (exact) mass is 369 g/mol. The normalized spacial score (nSPS) is 9.85. The summed E-state index contributed by atoms with van der Waals surface area (Å²) in [6.45, 7) is 1.42. The van der Waals surface area contributed by atoms with E-state index in [-0.39, 0.29) is 11.3 Å². The molecule has 0 saturated heterocycles. The highest BCUT2D eigenvalue weighted by Gasteiger charge is 2.17. The molecule has 0 aliphatic rings. The SMILES string of the molecule is COC(=O)c1ccccc1NC(=O)CNC(=O)C(=O)Nc1cccc(C)c1. The fourth-order valence-corrected chi connectivity index (χ4v) is 2.23. The Morgan fingerprint density at radius 2 is 1.67 bits per heavy atom. The van der Waals surface area contributed by atoms with Crippen molar-refractivity contribution in [2.24, 2.45) is 0 Å². The molecule has 0 heterocycles. The average Bonchev–Trinajstić information content (AvgIpc) is 2.66. The first-order chi connectivity index (χ1) is 12.9. The molecule has 0 unspecified atom stereocenters. The Morgan fingerprint density at radius 3 is 2.37 bits per heavy atom. The van der Waals surface area contributed by atoms with Gasteiger partial charge in [0.05, 0.1) is 24.9 Å². The number of carbonyl (C=O) groups is 4. The number of amides is 3. The van der Waals surface area contributed by atoms with Crippen LogP contribution in [0.4, 0.5) is 11.4 Å². The van der Waals surface area contributed by atoms with Crippen LogP contribution in [0, 0.1) is 6.92 Å². The number of para-hydroxylation sites is 1. The highest BCUT2D eigenvalue weighted by atomic mass is 16.5. The smallest absolute Gasteiger partial charge is 0.339 e. The topological polar surface area (TPSA) is 114 Å². The molecule has 8 nitrogen and oxygen atoms in total. The van der Waals surface area contributed by atoms with E-state index >= 15 is 0 Å². The fourth-order valence-electron chi connectivity index (χ4n) is 2.23. The summed E-state index contributed by atoms with van der Waals surface area (Å²) in [7, 11) is 1.23. The van der Waals surface area contributed by atoms with Gasteiger partial charge in [-0.1, -0.05) is 24.3 Å². The lowest BCUT2D eigenvalue weighted by Gasteiger charge is -2.10. The van der Waals surface area contributed by atoms with Crippen molar-refractivity contribution in [2.75, 3.05) is 24.3 Å². The summed E-state index contributed by atoms with van der Waals surface area (Å²) < 4.78 is 4.64. The van der Waals surface area contributed by atoms with Gasteiger partial charge in [-0.3, -0.25) is 14.4 Å². The number of aryl methyl sites for hydroxylation is 1. The molecule has 0 aromatic heterocycles. The summed E-state index contributed by atoms with van der Waals surface area (Å²) in [6.07, 6.45) is 0. The first-order valence-corrected chi connectivity index (χ1v) is 8.03. The maximum atomic E-state index is 12.0. The zero-order valence-electron chi connectivity index (χ0n) is 14.9. The number of carbonyl (C=O) groups excluding carboxylic acids is 4. The Balaban J connectivity index is 1.89. The second-order valence-electron chi connectivity index (χ2n) is 5.59. The molecule has 0 bridgehead atoms. The van der Waals surface area contributed by atoms with Crippen LogP contribution in [-0.2, 0) is 19.1 Å². The lowest BCUT2D eigenvalue weighted by Crippen LogP contribution is -2.39. The molecule has 2 rings (SSSR count). The van der Waals surface area contributed by atoms with Crippen molar-refractivity contribution < 1.29 is 23.9 Å². The van der Waals surface area contributed by atoms with Gasteiger partial charge in [-0.15, -0.1) is 0 Å². The van der Waals surface area contributed by atoms with Crippen molar-refractivity contribution in [1.29, 1.82) is 0 Å². The molecular formula is C19H19N3O5. The standard InChI is InChI=1S/C19H19N3O5/c1-12-6-5-7-13(10-12)21-18(25)17(24)20-11-16(23)22-15-9-4-3-8-14(15)19(26)27-2/h3-10H,11H2,1-2H3,(H,20,24)(H,21,25)(H,22,23). The van der Waals surface area contributed by atoms with Crippen molar-refractivity contribution in [3.05, 3.63) is 59.7 Å². The molecular weight excluding hydrogens is 350 g/mol. The van der Waals surface area contributed by atoms with Crippen LogP contribution >= 0.6 is 0 Å². The number of hydrogen-bond acceptors (Lipinski definition) is 5. The third-order valence-corrected chi connectivity index (χ3v) is 3.50. The summed E-state index contributed by atoms with van der Waals surface area (Å²) >= 11 is 0. The van der Waals surface area contributed by atoms with E-state index in [1.807, 2.05) is 13.0 Å². The van der Waals surface area contributed by atoms with E-state index in [2.05, 4.69) is 20.7 Å². The number of rotatable bonds is 5. The van der Waals surface area contributed by atoms with Crippen LogP contribution in [0.2, 0.25) is 0 Å². The van der Waals surface area contributed by atoms with Gasteiger partial charge in [0.1, 0.15) is 0 Å². The molecule has 0 aliphatic heterocycles. The van der Waals surface area contributed by atoms with Crippen molar-refractivity contribution in [2.45, 2.75) is 6.92 Å². The van der Waals surface area contributed by atoms with Crippen LogP contribution in [0.3, 0.4) is 0 Å². The molecule has 0 radical (unpaired) electrons. The number of esters is 1. The molecule has 140 valence electrons. The van der Waals surface area contributed by atoms with E-state index in [1.54, 1.807) is 30.3 Å². The first kappa shape index (κ1) is 19.6. The number of ether oxygens (including phenoxy) is 1. The van der Waals surface area contributed by atoms with Gasteiger partial charge in [-0.2, -0.15) is 0 Å². The zero-order chi connectivity index (χ0) is 19.8. The van der Waals surface area contributed by atoms with E-state index in [1.165, 1.54) is 19.2 Å². The van der Waals surface area contributed by atoms with Gasteiger partial charge >= 0.3 is 17.8 Å². The second kappa shape index (κ2) is 9.14. The van der Waals surface area contributed by atoms with E-state index in [0.717, 1.165) is 5.56 Å². The molecule has 2 aromatic carbocycles. The van der Waals surface area contributed by atoms with E-state index < -0.39 is 30.2 Å². The van der Waals surface area contributed by atoms with Crippen LogP contribution in [0.1, 0.15) is 15.9 Å². The number of benzene rings is 2. The van der Waals surface area contributed by atoms with E-state index in [9.17, 15) is 19.2 Å². The average molecular weight is 369 g/mol. The minimum atomic E-state index is -0.951. The van der Waals surface area contributed by atoms with Gasteiger partial charge in [0.15, 0.2) is 0 Å². The van der Waals surface area contributed by atoms with Crippen molar-refractivity contribution in [1.82, 2.24) is 5.32 Å². The van der Waals surface area contributed by atoms with Crippen molar-refractivity contribution in [3.63, 3.8) is 0 Å². The minimum Gasteiger partial charge on any atom is -0.465 e. The number of methoxy groups -OCH3 is 1. The van der Waals surface area contributed by atoms with E-state index in [4.69, 9.17) is 0 Å². The Morgan fingerprint density at radius 1 is 0.926 bits per heavy atom. The Hall–Kier alpha value is -3.68. The predicted octanol–water partition coefficient (Wildman–Crippen LogP) is 1.48. The molecule has 3 amide bonds. The molecule has 0 saturated carbocycles. The van der Waals surface area contributed by atoms with Gasteiger partial charge in [0.25, 0.3) is 0 Å². The molecule has 0 spiro atoms. The molecule has 3 N–H and O–H groups in total. The van der Waals surface area contributed by atoms with Gasteiger partial charge in [-0.25, -0.2) is 4.79 Å². The lowest BCUT2D eigenvalue weighted by molar-refractivity contribution is -0.136. The van der Waals surface area contributed by atoms with Crippen LogP contribution in [0.5, 0.6) is 0 Å². The Labute approximate surface area is 155 Å².